The van der Waals surface area contributed by atoms with E-state index in [4.69, 9.17) is 11.6 Å². The maximum Gasteiger partial charge on any atom is 0.417 e. The minimum atomic E-state index is -4.63. The molecule has 1 N–H and O–H groups in total. The molecule has 0 aliphatic rings. The van der Waals surface area contributed by atoms with Crippen LogP contribution >= 0.6 is 11.6 Å². The SMILES string of the molecule is CC(=O)c1ccc(S(=O)(=O)NCc2ccc(Cl)c(C(F)(F)F)c2)cc1. The van der Waals surface area contributed by atoms with Crippen molar-refractivity contribution in [2.24, 2.45) is 0 Å². The molecule has 0 bridgehead atoms. The Morgan fingerprint density at radius 2 is 1.72 bits per heavy atom. The summed E-state index contributed by atoms with van der Waals surface area (Å²) in [6.07, 6.45) is -4.63. The number of carbonyl (C=O) groups excluding carboxylic acids is 1. The Kier molecular flexibility index (Phi) is 5.55. The Hall–Kier alpha value is -1.90. The number of benzene rings is 2. The number of alkyl halides is 3. The Balaban J connectivity index is 2.18. The fourth-order valence-electron chi connectivity index (χ4n) is 2.03. The Bertz CT molecular complexity index is 894. The summed E-state index contributed by atoms with van der Waals surface area (Å²) in [6, 6.07) is 8.39. The molecular formula is C16H13ClF3NO3S. The molecule has 0 spiro atoms. The topological polar surface area (TPSA) is 63.2 Å². The van der Waals surface area contributed by atoms with Crippen LogP contribution in [0.2, 0.25) is 5.02 Å². The number of hydrogen-bond acceptors (Lipinski definition) is 3. The number of carbonyl (C=O) groups is 1. The van der Waals surface area contributed by atoms with Crippen LogP contribution in [0.3, 0.4) is 0 Å². The van der Waals surface area contributed by atoms with Crippen LogP contribution in [0.5, 0.6) is 0 Å². The largest absolute Gasteiger partial charge is 0.417 e. The summed E-state index contributed by atoms with van der Waals surface area (Å²) in [7, 11) is -3.93. The van der Waals surface area contributed by atoms with Gasteiger partial charge in [0.1, 0.15) is 0 Å². The van der Waals surface area contributed by atoms with Gasteiger partial charge in [0.2, 0.25) is 10.0 Å². The summed E-state index contributed by atoms with van der Waals surface area (Å²) in [5.74, 6) is -0.210. The monoisotopic (exact) mass is 391 g/mol. The van der Waals surface area contributed by atoms with Gasteiger partial charge < -0.3 is 0 Å². The standard InChI is InChI=1S/C16H13ClF3NO3S/c1-10(22)12-3-5-13(6-4-12)25(23,24)21-9-11-2-7-15(17)14(8-11)16(18,19)20/h2-8,21H,9H2,1H3. The quantitative estimate of drug-likeness (QED) is 0.782. The zero-order valence-corrected chi connectivity index (χ0v) is 14.5. The molecule has 0 atom stereocenters. The van der Waals surface area contributed by atoms with Crippen LogP contribution in [0.15, 0.2) is 47.4 Å². The third-order valence-electron chi connectivity index (χ3n) is 3.37. The second kappa shape index (κ2) is 7.15. The average Bonchev–Trinajstić information content (AvgIpc) is 2.53. The van der Waals surface area contributed by atoms with Gasteiger partial charge in [-0.25, -0.2) is 13.1 Å². The predicted octanol–water partition coefficient (Wildman–Crippen LogP) is 4.04. The van der Waals surface area contributed by atoms with E-state index in [1.807, 2.05) is 0 Å². The highest BCUT2D eigenvalue weighted by molar-refractivity contribution is 7.89. The van der Waals surface area contributed by atoms with Gasteiger partial charge in [-0.15, -0.1) is 0 Å². The van der Waals surface area contributed by atoms with Crippen LogP contribution < -0.4 is 4.72 Å². The molecule has 2 rings (SSSR count). The van der Waals surface area contributed by atoms with Crippen LogP contribution in [0.25, 0.3) is 0 Å². The van der Waals surface area contributed by atoms with Crippen molar-refractivity contribution in [3.8, 4) is 0 Å². The molecule has 2 aromatic carbocycles. The summed E-state index contributed by atoms with van der Waals surface area (Å²) in [5, 5.41) is -0.459. The fourth-order valence-corrected chi connectivity index (χ4v) is 3.27. The first kappa shape index (κ1) is 19.4. The Labute approximate surface area is 147 Å². The first-order chi connectivity index (χ1) is 11.5. The van der Waals surface area contributed by atoms with Crippen LogP contribution in [0.1, 0.15) is 28.4 Å². The van der Waals surface area contributed by atoms with Crippen molar-refractivity contribution in [1.82, 2.24) is 4.72 Å². The number of nitrogens with one attached hydrogen (secondary N) is 1. The summed E-state index contributed by atoms with van der Waals surface area (Å²) in [5.41, 5.74) is -0.566. The minimum Gasteiger partial charge on any atom is -0.295 e. The molecule has 0 unspecified atom stereocenters. The van der Waals surface area contributed by atoms with E-state index < -0.39 is 26.8 Å². The van der Waals surface area contributed by atoms with Crippen molar-refractivity contribution in [3.05, 3.63) is 64.2 Å². The van der Waals surface area contributed by atoms with Crippen LogP contribution in [-0.4, -0.2) is 14.2 Å². The average molecular weight is 392 g/mol. The molecule has 0 saturated heterocycles. The highest BCUT2D eigenvalue weighted by Gasteiger charge is 2.33. The second-order valence-corrected chi connectivity index (χ2v) is 7.39. The number of ketones is 1. The molecule has 0 amide bonds. The van der Waals surface area contributed by atoms with Crippen LogP contribution in [-0.2, 0) is 22.7 Å². The van der Waals surface area contributed by atoms with Gasteiger partial charge in [0.05, 0.1) is 15.5 Å². The molecule has 0 heterocycles. The van der Waals surface area contributed by atoms with E-state index in [1.165, 1.54) is 37.3 Å². The fraction of sp³-hybridized carbons (Fsp3) is 0.188. The van der Waals surface area contributed by atoms with Crippen molar-refractivity contribution in [3.63, 3.8) is 0 Å². The molecule has 0 aliphatic heterocycles. The highest BCUT2D eigenvalue weighted by atomic mass is 35.5. The van der Waals surface area contributed by atoms with E-state index in [0.29, 0.717) is 5.56 Å². The normalized spacial score (nSPS) is 12.2. The second-order valence-electron chi connectivity index (χ2n) is 5.22. The van der Waals surface area contributed by atoms with Gasteiger partial charge in [0.15, 0.2) is 5.78 Å². The molecule has 0 radical (unpaired) electrons. The van der Waals surface area contributed by atoms with E-state index in [9.17, 15) is 26.4 Å². The number of rotatable bonds is 5. The third kappa shape index (κ3) is 4.81. The van der Waals surface area contributed by atoms with Gasteiger partial charge in [-0.3, -0.25) is 4.79 Å². The third-order valence-corrected chi connectivity index (χ3v) is 5.12. The van der Waals surface area contributed by atoms with E-state index in [2.05, 4.69) is 4.72 Å². The molecule has 0 aromatic heterocycles. The van der Waals surface area contributed by atoms with Gasteiger partial charge in [-0.1, -0.05) is 29.8 Å². The van der Waals surface area contributed by atoms with Gasteiger partial charge in [-0.05, 0) is 36.8 Å². The van der Waals surface area contributed by atoms with E-state index in [-0.39, 0.29) is 22.8 Å². The molecule has 25 heavy (non-hydrogen) atoms. The zero-order valence-electron chi connectivity index (χ0n) is 12.9. The maximum atomic E-state index is 12.8. The minimum absolute atomic E-state index is 0.0949. The summed E-state index contributed by atoms with van der Waals surface area (Å²) in [4.78, 5) is 11.1. The lowest BCUT2D eigenvalue weighted by atomic mass is 10.1. The molecule has 9 heteroatoms. The van der Waals surface area contributed by atoms with E-state index in [1.54, 1.807) is 0 Å². The molecular weight excluding hydrogens is 379 g/mol. The van der Waals surface area contributed by atoms with Crippen molar-refractivity contribution in [2.75, 3.05) is 0 Å². The van der Waals surface area contributed by atoms with Crippen LogP contribution in [0, 0.1) is 0 Å². The first-order valence-corrected chi connectivity index (χ1v) is 8.83. The van der Waals surface area contributed by atoms with Gasteiger partial charge in [-0.2, -0.15) is 13.2 Å². The number of sulfonamides is 1. The number of Topliss-reactive ketones (excluding diaryl/α,β-unsaturated/α-hetero) is 1. The van der Waals surface area contributed by atoms with Crippen molar-refractivity contribution in [1.29, 1.82) is 0 Å². The predicted molar refractivity (Wildman–Crippen MR) is 86.9 cm³/mol. The Morgan fingerprint density at radius 1 is 1.12 bits per heavy atom. The molecule has 0 fully saturated rings. The Morgan fingerprint density at radius 3 is 2.24 bits per heavy atom. The van der Waals surface area contributed by atoms with E-state index in [0.717, 1.165) is 12.1 Å². The van der Waals surface area contributed by atoms with Gasteiger partial charge >= 0.3 is 6.18 Å². The lowest BCUT2D eigenvalue weighted by Gasteiger charge is -2.12. The van der Waals surface area contributed by atoms with Crippen molar-refractivity contribution in [2.45, 2.75) is 24.5 Å². The van der Waals surface area contributed by atoms with Crippen molar-refractivity contribution < 1.29 is 26.4 Å². The van der Waals surface area contributed by atoms with Gasteiger partial charge in [0, 0.05) is 12.1 Å². The molecule has 4 nitrogen and oxygen atoms in total. The van der Waals surface area contributed by atoms with Crippen molar-refractivity contribution >= 4 is 27.4 Å². The smallest absolute Gasteiger partial charge is 0.295 e. The first-order valence-electron chi connectivity index (χ1n) is 6.97. The number of hydrogen-bond donors (Lipinski definition) is 1. The molecule has 0 saturated carbocycles. The lowest BCUT2D eigenvalue weighted by Crippen LogP contribution is -2.23. The van der Waals surface area contributed by atoms with E-state index >= 15 is 0 Å². The zero-order chi connectivity index (χ0) is 18.8. The molecule has 134 valence electrons. The molecule has 0 aliphatic carbocycles. The lowest BCUT2D eigenvalue weighted by molar-refractivity contribution is -0.137. The molecule has 2 aromatic rings. The van der Waals surface area contributed by atoms with Gasteiger partial charge in [0.25, 0.3) is 0 Å². The number of halogens is 4. The summed E-state index contributed by atoms with van der Waals surface area (Å²) < 4.78 is 65.1. The van der Waals surface area contributed by atoms with Crippen LogP contribution in [0.4, 0.5) is 13.2 Å². The summed E-state index contributed by atoms with van der Waals surface area (Å²) >= 11 is 5.52. The highest BCUT2D eigenvalue weighted by Crippen LogP contribution is 2.35. The summed E-state index contributed by atoms with van der Waals surface area (Å²) in [6.45, 7) is 1.01. The maximum absolute atomic E-state index is 12.8.